The molecule has 20 heavy (non-hydrogen) atoms. The molecule has 0 bridgehead atoms. The molecule has 1 N–H and O–H groups in total. The number of benzene rings is 1. The Hall–Kier alpha value is -0.683. The Bertz CT molecular complexity index is 462. The Labute approximate surface area is 122 Å². The average Bonchev–Trinajstić information content (AvgIpc) is 2.66. The summed E-state index contributed by atoms with van der Waals surface area (Å²) in [7, 11) is -1.84. The van der Waals surface area contributed by atoms with E-state index in [1.54, 1.807) is 0 Å². The molecule has 112 valence electrons. The second-order valence-electron chi connectivity index (χ2n) is 7.28. The Balaban J connectivity index is 2.40. The summed E-state index contributed by atoms with van der Waals surface area (Å²) in [6.07, 6.45) is -0.570. The standard InChI is InChI=1S/C16H26O3Si/c1-15(2)18-13(12-10-8-7-9-11-12)14(19-15)16(3,17)20(4,5)6/h7-11,13-14,17H,1-6H3/t13-,14+,16-/m1/s1. The highest BCUT2D eigenvalue weighted by Crippen LogP contribution is 2.45. The molecule has 0 aliphatic carbocycles. The molecule has 0 spiro atoms. The second-order valence-corrected chi connectivity index (χ2v) is 12.8. The van der Waals surface area contributed by atoms with Gasteiger partial charge in [0.25, 0.3) is 0 Å². The van der Waals surface area contributed by atoms with Gasteiger partial charge < -0.3 is 14.6 Å². The van der Waals surface area contributed by atoms with Gasteiger partial charge in [0.15, 0.2) is 5.79 Å². The van der Waals surface area contributed by atoms with Crippen LogP contribution in [-0.2, 0) is 9.47 Å². The molecule has 1 aromatic carbocycles. The zero-order valence-corrected chi connectivity index (χ0v) is 14.3. The maximum Gasteiger partial charge on any atom is 0.164 e. The molecule has 1 saturated heterocycles. The van der Waals surface area contributed by atoms with E-state index in [9.17, 15) is 5.11 Å². The zero-order chi connectivity index (χ0) is 15.2. The first kappa shape index (κ1) is 15.7. The predicted octanol–water partition coefficient (Wildman–Crippen LogP) is 3.51. The van der Waals surface area contributed by atoms with Gasteiger partial charge in [0.2, 0.25) is 0 Å². The Morgan fingerprint density at radius 3 is 2.15 bits per heavy atom. The van der Waals surface area contributed by atoms with Crippen molar-refractivity contribution in [2.45, 2.75) is 63.6 Å². The van der Waals surface area contributed by atoms with Gasteiger partial charge in [0.1, 0.15) is 12.2 Å². The van der Waals surface area contributed by atoms with Crippen molar-refractivity contribution in [3.63, 3.8) is 0 Å². The van der Waals surface area contributed by atoms with Crippen LogP contribution in [0.4, 0.5) is 0 Å². The fourth-order valence-electron chi connectivity index (χ4n) is 2.48. The summed E-state index contributed by atoms with van der Waals surface area (Å²) in [5.74, 6) is -0.672. The summed E-state index contributed by atoms with van der Waals surface area (Å²) < 4.78 is 12.1. The molecule has 3 nitrogen and oxygen atoms in total. The lowest BCUT2D eigenvalue weighted by Crippen LogP contribution is -2.59. The maximum absolute atomic E-state index is 11.1. The molecule has 0 radical (unpaired) electrons. The summed E-state index contributed by atoms with van der Waals surface area (Å²) in [6, 6.07) is 10.0. The quantitative estimate of drug-likeness (QED) is 0.867. The van der Waals surface area contributed by atoms with Crippen LogP contribution in [0.5, 0.6) is 0 Å². The monoisotopic (exact) mass is 294 g/mol. The Morgan fingerprint density at radius 2 is 1.65 bits per heavy atom. The van der Waals surface area contributed by atoms with E-state index >= 15 is 0 Å². The van der Waals surface area contributed by atoms with E-state index in [2.05, 4.69) is 19.6 Å². The maximum atomic E-state index is 11.1. The molecule has 0 aromatic heterocycles. The van der Waals surface area contributed by atoms with Crippen molar-refractivity contribution in [3.8, 4) is 0 Å². The van der Waals surface area contributed by atoms with E-state index in [1.807, 2.05) is 51.1 Å². The van der Waals surface area contributed by atoms with Gasteiger partial charge in [-0.25, -0.2) is 0 Å². The van der Waals surface area contributed by atoms with E-state index in [4.69, 9.17) is 9.47 Å². The van der Waals surface area contributed by atoms with E-state index in [0.717, 1.165) is 5.56 Å². The smallest absolute Gasteiger partial charge is 0.164 e. The van der Waals surface area contributed by atoms with Crippen molar-refractivity contribution in [1.82, 2.24) is 0 Å². The van der Waals surface area contributed by atoms with Gasteiger partial charge in [0, 0.05) is 0 Å². The minimum atomic E-state index is -1.84. The first-order chi connectivity index (χ1) is 9.05. The molecule has 1 heterocycles. The molecule has 1 aliphatic heterocycles. The highest BCUT2D eigenvalue weighted by atomic mass is 28.3. The SMILES string of the molecule is CC1(C)O[C@H](c2ccccc2)[C@@H]([C@](C)(O)[Si](C)(C)C)O1. The summed E-state index contributed by atoms with van der Waals surface area (Å²) in [4.78, 5) is 0. The normalized spacial score (nSPS) is 29.1. The first-order valence-corrected chi connectivity index (χ1v) is 10.7. The van der Waals surface area contributed by atoms with Crippen molar-refractivity contribution in [1.29, 1.82) is 0 Å². The topological polar surface area (TPSA) is 38.7 Å². The van der Waals surface area contributed by atoms with Crippen molar-refractivity contribution in [3.05, 3.63) is 35.9 Å². The van der Waals surface area contributed by atoms with Gasteiger partial charge in [-0.3, -0.25) is 0 Å². The van der Waals surface area contributed by atoms with Crippen molar-refractivity contribution in [2.75, 3.05) is 0 Å². The minimum Gasteiger partial charge on any atom is -0.391 e. The third-order valence-corrected chi connectivity index (χ3v) is 7.62. The fraction of sp³-hybridized carbons (Fsp3) is 0.625. The second kappa shape index (κ2) is 4.95. The van der Waals surface area contributed by atoms with Crippen LogP contribution in [0.2, 0.25) is 19.6 Å². The number of hydrogen-bond acceptors (Lipinski definition) is 3. The third-order valence-electron chi connectivity index (χ3n) is 4.30. The number of rotatable bonds is 3. The highest BCUT2D eigenvalue weighted by Gasteiger charge is 2.55. The number of hydrogen-bond donors (Lipinski definition) is 1. The van der Waals surface area contributed by atoms with E-state index in [0.29, 0.717) is 0 Å². The van der Waals surface area contributed by atoms with Gasteiger partial charge in [-0.2, -0.15) is 0 Å². The molecule has 1 aromatic rings. The van der Waals surface area contributed by atoms with Crippen LogP contribution in [0.15, 0.2) is 30.3 Å². The van der Waals surface area contributed by atoms with Gasteiger partial charge in [-0.1, -0.05) is 50.0 Å². The lowest BCUT2D eigenvalue weighted by Gasteiger charge is -2.41. The van der Waals surface area contributed by atoms with E-state index in [1.165, 1.54) is 0 Å². The predicted molar refractivity (Wildman–Crippen MR) is 83.2 cm³/mol. The van der Waals surface area contributed by atoms with Gasteiger partial charge in [-0.15, -0.1) is 0 Å². The lowest BCUT2D eigenvalue weighted by molar-refractivity contribution is -0.159. The van der Waals surface area contributed by atoms with Gasteiger partial charge >= 0.3 is 0 Å². The van der Waals surface area contributed by atoms with Crippen LogP contribution in [0, 0.1) is 0 Å². The molecule has 0 unspecified atom stereocenters. The average molecular weight is 294 g/mol. The van der Waals surface area contributed by atoms with Crippen LogP contribution in [0.1, 0.15) is 32.4 Å². The molecule has 2 rings (SSSR count). The minimum absolute atomic E-state index is 0.229. The third kappa shape index (κ3) is 2.84. The van der Waals surface area contributed by atoms with Crippen LogP contribution in [-0.4, -0.2) is 30.3 Å². The molecule has 3 atom stereocenters. The molecule has 1 fully saturated rings. The molecular formula is C16H26O3Si. The fourth-order valence-corrected chi connectivity index (χ4v) is 3.55. The van der Waals surface area contributed by atoms with Crippen LogP contribution in [0.25, 0.3) is 0 Å². The van der Waals surface area contributed by atoms with Gasteiger partial charge in [0.05, 0.1) is 13.3 Å². The summed E-state index contributed by atoms with van der Waals surface area (Å²) in [5, 5.41) is 10.2. The first-order valence-electron chi connectivity index (χ1n) is 7.17. The summed E-state index contributed by atoms with van der Waals surface area (Å²) >= 11 is 0. The van der Waals surface area contributed by atoms with Crippen LogP contribution < -0.4 is 0 Å². The molecule has 1 aliphatic rings. The molecule has 4 heteroatoms. The van der Waals surface area contributed by atoms with Crippen LogP contribution >= 0.6 is 0 Å². The van der Waals surface area contributed by atoms with E-state index in [-0.39, 0.29) is 12.2 Å². The Morgan fingerprint density at radius 1 is 1.10 bits per heavy atom. The molecule has 0 saturated carbocycles. The highest BCUT2D eigenvalue weighted by molar-refractivity contribution is 6.79. The summed E-state index contributed by atoms with van der Waals surface area (Å²) in [6.45, 7) is 12.2. The van der Waals surface area contributed by atoms with Crippen molar-refractivity contribution < 1.29 is 14.6 Å². The van der Waals surface area contributed by atoms with Gasteiger partial charge in [-0.05, 0) is 26.3 Å². The number of ether oxygens (including phenoxy) is 2. The summed E-state index contributed by atoms with van der Waals surface area (Å²) in [5.41, 5.74) is 1.06. The lowest BCUT2D eigenvalue weighted by atomic mass is 10.0. The molecular weight excluding hydrogens is 268 g/mol. The number of aliphatic hydroxyl groups is 1. The largest absolute Gasteiger partial charge is 0.391 e. The van der Waals surface area contributed by atoms with Crippen molar-refractivity contribution in [2.24, 2.45) is 0 Å². The van der Waals surface area contributed by atoms with Crippen LogP contribution in [0.3, 0.4) is 0 Å². The Kier molecular flexibility index (Phi) is 3.88. The molecule has 0 amide bonds. The van der Waals surface area contributed by atoms with E-state index < -0.39 is 19.1 Å². The van der Waals surface area contributed by atoms with Crippen molar-refractivity contribution >= 4 is 8.07 Å². The zero-order valence-electron chi connectivity index (χ0n) is 13.3.